The fourth-order valence-electron chi connectivity index (χ4n) is 2.29. The maximum atomic E-state index is 13.3. The van der Waals surface area contributed by atoms with Gasteiger partial charge in [0.1, 0.15) is 11.3 Å². The first-order valence-corrected chi connectivity index (χ1v) is 6.46. The van der Waals surface area contributed by atoms with Crippen LogP contribution in [0.2, 0.25) is 0 Å². The lowest BCUT2D eigenvalue weighted by atomic mass is 10.1. The Hall–Kier alpha value is -2.49. The van der Waals surface area contributed by atoms with E-state index in [0.717, 1.165) is 17.4 Å². The Kier molecular flexibility index (Phi) is 3.06. The van der Waals surface area contributed by atoms with Crippen molar-refractivity contribution in [2.75, 3.05) is 0 Å². The first-order chi connectivity index (χ1) is 9.69. The van der Waals surface area contributed by atoms with Crippen LogP contribution in [0.4, 0.5) is 4.39 Å². The third-order valence-corrected chi connectivity index (χ3v) is 3.34. The maximum Gasteiger partial charge on any atom is 0.274 e. The number of pyridine rings is 2. The topological polar surface area (TPSA) is 45.8 Å². The molecule has 0 radical (unpaired) electrons. The van der Waals surface area contributed by atoms with Gasteiger partial charge in [-0.05, 0) is 30.2 Å². The lowest BCUT2D eigenvalue weighted by Crippen LogP contribution is -2.09. The van der Waals surface area contributed by atoms with Crippen LogP contribution in [0, 0.1) is 5.82 Å². The van der Waals surface area contributed by atoms with Crippen LogP contribution < -0.4 is 5.56 Å². The number of hydrogen-bond acceptors (Lipinski definition) is 2. The van der Waals surface area contributed by atoms with Gasteiger partial charge in [-0.25, -0.2) is 9.37 Å². The van der Waals surface area contributed by atoms with E-state index < -0.39 is 0 Å². The van der Waals surface area contributed by atoms with E-state index in [-0.39, 0.29) is 11.4 Å². The van der Waals surface area contributed by atoms with Gasteiger partial charge < -0.3 is 4.98 Å². The molecule has 0 aliphatic heterocycles. The zero-order chi connectivity index (χ0) is 14.1. The Morgan fingerprint density at radius 3 is 2.85 bits per heavy atom. The number of hydrogen-bond donors (Lipinski definition) is 1. The number of rotatable bonds is 2. The van der Waals surface area contributed by atoms with Gasteiger partial charge in [-0.15, -0.1) is 0 Å². The highest BCUT2D eigenvalue weighted by atomic mass is 19.1. The number of H-pyrrole nitrogens is 1. The van der Waals surface area contributed by atoms with Gasteiger partial charge >= 0.3 is 0 Å². The summed E-state index contributed by atoms with van der Waals surface area (Å²) in [5.41, 5.74) is 2.46. The average molecular weight is 268 g/mol. The number of benzene rings is 1. The van der Waals surface area contributed by atoms with Crippen molar-refractivity contribution in [2.24, 2.45) is 0 Å². The normalized spacial score (nSPS) is 10.9. The van der Waals surface area contributed by atoms with E-state index in [0.29, 0.717) is 16.8 Å². The lowest BCUT2D eigenvalue weighted by molar-refractivity contribution is 0.628. The summed E-state index contributed by atoms with van der Waals surface area (Å²) >= 11 is 0. The first kappa shape index (κ1) is 12.5. The number of aryl methyl sites for hydroxylation is 1. The monoisotopic (exact) mass is 268 g/mol. The standard InChI is InChI=1S/C16H13FN2O/c1-2-10-9-18-16(20)15-13(10)6-7-14(19-15)11-4-3-5-12(17)8-11/h3-9H,2H2,1H3,(H,18,20). The highest BCUT2D eigenvalue weighted by molar-refractivity contribution is 5.83. The molecule has 3 rings (SSSR count). The second-order valence-electron chi connectivity index (χ2n) is 4.60. The first-order valence-electron chi connectivity index (χ1n) is 6.46. The third kappa shape index (κ3) is 2.09. The summed E-state index contributed by atoms with van der Waals surface area (Å²) in [6.07, 6.45) is 2.53. The molecule has 3 nitrogen and oxygen atoms in total. The van der Waals surface area contributed by atoms with Crippen LogP contribution in [0.15, 0.2) is 47.4 Å². The van der Waals surface area contributed by atoms with Crippen LogP contribution in [0.5, 0.6) is 0 Å². The molecule has 0 spiro atoms. The smallest absolute Gasteiger partial charge is 0.274 e. The van der Waals surface area contributed by atoms with Crippen molar-refractivity contribution >= 4 is 10.9 Å². The quantitative estimate of drug-likeness (QED) is 0.775. The minimum absolute atomic E-state index is 0.226. The molecule has 2 heterocycles. The van der Waals surface area contributed by atoms with Gasteiger partial charge in [-0.1, -0.05) is 25.1 Å². The summed E-state index contributed by atoms with van der Waals surface area (Å²) in [6, 6.07) is 9.88. The van der Waals surface area contributed by atoms with E-state index in [2.05, 4.69) is 9.97 Å². The van der Waals surface area contributed by atoms with Crippen molar-refractivity contribution in [3.05, 3.63) is 64.3 Å². The molecule has 3 aromatic rings. The molecule has 100 valence electrons. The van der Waals surface area contributed by atoms with Crippen molar-refractivity contribution in [3.63, 3.8) is 0 Å². The lowest BCUT2D eigenvalue weighted by Gasteiger charge is -2.06. The molecule has 1 N–H and O–H groups in total. The summed E-state index contributed by atoms with van der Waals surface area (Å²) in [7, 11) is 0. The second kappa shape index (κ2) is 4.89. The molecule has 0 atom stereocenters. The Morgan fingerprint density at radius 2 is 2.10 bits per heavy atom. The second-order valence-corrected chi connectivity index (χ2v) is 4.60. The summed E-state index contributed by atoms with van der Waals surface area (Å²) in [4.78, 5) is 19.0. The zero-order valence-electron chi connectivity index (χ0n) is 11.0. The van der Waals surface area contributed by atoms with Crippen molar-refractivity contribution < 1.29 is 4.39 Å². The van der Waals surface area contributed by atoms with Crippen LogP contribution in [-0.2, 0) is 6.42 Å². The number of aromatic nitrogens is 2. The molecular weight excluding hydrogens is 255 g/mol. The largest absolute Gasteiger partial charge is 0.327 e. The molecule has 0 fully saturated rings. The van der Waals surface area contributed by atoms with Crippen molar-refractivity contribution in [1.82, 2.24) is 9.97 Å². The highest BCUT2D eigenvalue weighted by Gasteiger charge is 2.08. The van der Waals surface area contributed by atoms with E-state index in [9.17, 15) is 9.18 Å². The molecule has 20 heavy (non-hydrogen) atoms. The van der Waals surface area contributed by atoms with E-state index in [1.54, 1.807) is 18.3 Å². The number of nitrogens with one attached hydrogen (secondary N) is 1. The minimum Gasteiger partial charge on any atom is -0.327 e. The van der Waals surface area contributed by atoms with Crippen LogP contribution in [0.25, 0.3) is 22.2 Å². The summed E-state index contributed by atoms with van der Waals surface area (Å²) < 4.78 is 13.3. The molecular formula is C16H13FN2O. The van der Waals surface area contributed by atoms with Gasteiger partial charge in [0, 0.05) is 17.1 Å². The van der Waals surface area contributed by atoms with E-state index in [4.69, 9.17) is 0 Å². The SMILES string of the molecule is CCc1c[nH]c(=O)c2nc(-c3cccc(F)c3)ccc12. The molecule has 0 unspecified atom stereocenters. The number of halogens is 1. The summed E-state index contributed by atoms with van der Waals surface area (Å²) in [5.74, 6) is -0.319. The van der Waals surface area contributed by atoms with Crippen LogP contribution in [0.3, 0.4) is 0 Å². The number of fused-ring (bicyclic) bond motifs is 1. The van der Waals surface area contributed by atoms with Crippen molar-refractivity contribution in [2.45, 2.75) is 13.3 Å². The molecule has 0 saturated carbocycles. The minimum atomic E-state index is -0.319. The summed E-state index contributed by atoms with van der Waals surface area (Å²) in [6.45, 7) is 2.02. The van der Waals surface area contributed by atoms with E-state index in [1.165, 1.54) is 12.1 Å². The van der Waals surface area contributed by atoms with Crippen molar-refractivity contribution in [3.8, 4) is 11.3 Å². The molecule has 4 heteroatoms. The van der Waals surface area contributed by atoms with Crippen LogP contribution in [0.1, 0.15) is 12.5 Å². The number of aromatic amines is 1. The molecule has 0 bridgehead atoms. The third-order valence-electron chi connectivity index (χ3n) is 3.34. The fourth-order valence-corrected chi connectivity index (χ4v) is 2.29. The predicted octanol–water partition coefficient (Wildman–Crippen LogP) is 3.29. The molecule has 0 amide bonds. The molecule has 0 aliphatic carbocycles. The van der Waals surface area contributed by atoms with Gasteiger partial charge in [-0.3, -0.25) is 4.79 Å². The molecule has 2 aromatic heterocycles. The molecule has 0 aliphatic rings. The predicted molar refractivity (Wildman–Crippen MR) is 77.1 cm³/mol. The Labute approximate surface area is 115 Å². The van der Waals surface area contributed by atoms with Gasteiger partial charge in [0.2, 0.25) is 0 Å². The van der Waals surface area contributed by atoms with Gasteiger partial charge in [0.15, 0.2) is 0 Å². The average Bonchev–Trinajstić information content (AvgIpc) is 2.47. The Morgan fingerprint density at radius 1 is 1.25 bits per heavy atom. The highest BCUT2D eigenvalue weighted by Crippen LogP contribution is 2.21. The van der Waals surface area contributed by atoms with E-state index >= 15 is 0 Å². The molecule has 0 saturated heterocycles. The zero-order valence-corrected chi connectivity index (χ0v) is 11.0. The molecule has 1 aromatic carbocycles. The van der Waals surface area contributed by atoms with Gasteiger partial charge in [-0.2, -0.15) is 0 Å². The summed E-state index contributed by atoms with van der Waals surface area (Å²) in [5, 5.41) is 0.844. The van der Waals surface area contributed by atoms with Crippen molar-refractivity contribution in [1.29, 1.82) is 0 Å². The van der Waals surface area contributed by atoms with E-state index in [1.807, 2.05) is 19.1 Å². The fraction of sp³-hybridized carbons (Fsp3) is 0.125. The van der Waals surface area contributed by atoms with Crippen LogP contribution in [-0.4, -0.2) is 9.97 Å². The Bertz CT molecular complexity index is 839. The maximum absolute atomic E-state index is 13.3. The van der Waals surface area contributed by atoms with Gasteiger partial charge in [0.05, 0.1) is 5.69 Å². The number of nitrogens with zero attached hydrogens (tertiary/aromatic N) is 1. The van der Waals surface area contributed by atoms with Crippen LogP contribution >= 0.6 is 0 Å². The van der Waals surface area contributed by atoms with Gasteiger partial charge in [0.25, 0.3) is 5.56 Å². The Balaban J connectivity index is 2.26.